The van der Waals surface area contributed by atoms with Crippen LogP contribution in [0.2, 0.25) is 10.3 Å². The summed E-state index contributed by atoms with van der Waals surface area (Å²) in [6.45, 7) is 17.9. The van der Waals surface area contributed by atoms with Gasteiger partial charge < -0.3 is 33.6 Å². The molecule has 0 fully saturated rings. The van der Waals surface area contributed by atoms with Crippen LogP contribution in [0.25, 0.3) is 22.3 Å². The highest BCUT2D eigenvalue weighted by atomic mass is 35.5. The van der Waals surface area contributed by atoms with E-state index in [1.165, 1.54) is 31.1 Å². The Morgan fingerprint density at radius 1 is 0.594 bits per heavy atom. The van der Waals surface area contributed by atoms with E-state index in [1.54, 1.807) is 106 Å². The molecule has 384 valence electrons. The molecular weight excluding hydrogens is 989 g/mol. The third-order valence-corrected chi connectivity index (χ3v) is 12.0. The van der Waals surface area contributed by atoms with Crippen LogP contribution in [-0.4, -0.2) is 115 Å². The molecule has 4 heterocycles. The lowest BCUT2D eigenvalue weighted by Crippen LogP contribution is -2.25. The maximum absolute atomic E-state index is 13.2. The van der Waals surface area contributed by atoms with E-state index in [1.807, 2.05) is 0 Å². The molecule has 4 rings (SSSR count). The molecule has 0 saturated carbocycles. The highest BCUT2D eigenvalue weighted by Gasteiger charge is 2.31. The number of allylic oxidation sites excluding steroid dienone is 3. The van der Waals surface area contributed by atoms with Gasteiger partial charge in [0, 0.05) is 6.54 Å². The van der Waals surface area contributed by atoms with Crippen molar-refractivity contribution in [3.63, 3.8) is 0 Å². The predicted octanol–water partition coefficient (Wildman–Crippen LogP) is 8.22. The molecule has 0 aliphatic carbocycles. The lowest BCUT2D eigenvalue weighted by molar-refractivity contribution is -0.163. The minimum atomic E-state index is -3.81. The number of hydrogen-bond acceptors (Lipinski definition) is 21. The number of esters is 4. The summed E-state index contributed by atoms with van der Waals surface area (Å²) in [6, 6.07) is 0. The fourth-order valence-electron chi connectivity index (χ4n) is 4.18. The molecule has 0 bridgehead atoms. The first-order valence-electron chi connectivity index (χ1n) is 20.9. The van der Waals surface area contributed by atoms with Gasteiger partial charge in [0.25, 0.3) is 0 Å². The first-order chi connectivity index (χ1) is 31.9. The molecule has 0 radical (unpaired) electrons. The molecular formula is C42H62Cl2N8O15P2. The molecule has 2 N–H and O–H groups in total. The Kier molecular flexibility index (Phi) is 23.7. The van der Waals surface area contributed by atoms with Crippen LogP contribution in [0.4, 0.5) is 0 Å². The molecule has 0 aliphatic heterocycles. The second-order valence-electron chi connectivity index (χ2n) is 18.4. The first kappa shape index (κ1) is 60.4. The maximum Gasteiger partial charge on any atom is 0.340 e. The van der Waals surface area contributed by atoms with Gasteiger partial charge in [0.15, 0.2) is 21.6 Å². The molecule has 0 amide bonds. The van der Waals surface area contributed by atoms with Gasteiger partial charge in [-0.1, -0.05) is 47.5 Å². The van der Waals surface area contributed by atoms with E-state index >= 15 is 0 Å². The molecule has 27 heteroatoms. The smallest absolute Gasteiger partial charge is 0.340 e. The van der Waals surface area contributed by atoms with Crippen LogP contribution in [0.5, 0.6) is 0 Å². The second-order valence-corrected chi connectivity index (χ2v) is 23.3. The average Bonchev–Trinajstić information content (AvgIpc) is 3.91. The van der Waals surface area contributed by atoms with Crippen molar-refractivity contribution in [2.24, 2.45) is 21.7 Å². The third-order valence-electron chi connectivity index (χ3n) is 8.14. The van der Waals surface area contributed by atoms with Gasteiger partial charge >= 0.3 is 39.1 Å². The van der Waals surface area contributed by atoms with E-state index in [9.17, 15) is 28.3 Å². The van der Waals surface area contributed by atoms with E-state index in [2.05, 4.69) is 34.9 Å². The standard InChI is InChI=1S/C21H30ClN4O7P.C16H29O8P.C5H3ClN4/c1-20(2,3)18(27)30-13-32-34(29,33-14-31-19(28)21(4,5)6)10-8-7-9-26-12-25-15-16(22)23-11-24-17(15)26;1-15(2,3)13(18)21-11-23-25(20,10-8-7-9-17)24-12-22-14(19)16(4,5)6;6-4-3-5(9-1-7-3)10-2-8-4/h7-8,11-12H,9-10,13-14H2,1-6H3;7-8,17H,9-12H2,1-6H3;1-2H,(H,7,8,9,10)/b2*8-7+;. The van der Waals surface area contributed by atoms with Crippen LogP contribution in [0.1, 0.15) is 83.1 Å². The number of imidazole rings is 2. The molecule has 0 spiro atoms. The summed E-state index contributed by atoms with van der Waals surface area (Å²) < 4.78 is 68.0. The number of rotatable bonds is 19. The Labute approximate surface area is 410 Å². The number of nitrogens with one attached hydrogen (secondary N) is 1. The number of aromatic nitrogens is 8. The van der Waals surface area contributed by atoms with Crippen molar-refractivity contribution in [2.45, 2.75) is 89.6 Å². The molecule has 0 atom stereocenters. The summed E-state index contributed by atoms with van der Waals surface area (Å²) in [5.74, 6) is -2.10. The van der Waals surface area contributed by atoms with Crippen LogP contribution < -0.4 is 0 Å². The number of hydrogen-bond donors (Lipinski definition) is 2. The normalized spacial score (nSPS) is 12.6. The maximum atomic E-state index is 13.2. The SMILES string of the molecule is CC(C)(C)C(=O)OCOP(=O)(C/C=C/CO)OCOC(=O)C(C)(C)C.CC(C)(C)C(=O)OCOP(=O)(C/C=C/Cn1cnc2c(Cl)ncnc21)OCOC(=O)C(C)(C)C.Clc1ncnc2nc[nH]c12. The number of carbonyl (C=O) groups excluding carboxylic acids is 4. The third kappa shape index (κ3) is 21.9. The molecule has 0 aliphatic rings. The van der Waals surface area contributed by atoms with Gasteiger partial charge in [0.1, 0.15) is 23.7 Å². The molecule has 4 aromatic heterocycles. The van der Waals surface area contributed by atoms with E-state index in [4.69, 9.17) is 65.4 Å². The van der Waals surface area contributed by atoms with E-state index in [0.29, 0.717) is 34.0 Å². The van der Waals surface area contributed by atoms with Crippen LogP contribution in [0.3, 0.4) is 0 Å². The molecule has 0 unspecified atom stereocenters. The molecule has 4 aromatic rings. The first-order valence-corrected chi connectivity index (χ1v) is 25.1. The van der Waals surface area contributed by atoms with Gasteiger partial charge in [-0.25, -0.2) is 29.9 Å². The zero-order valence-electron chi connectivity index (χ0n) is 40.7. The lowest BCUT2D eigenvalue weighted by atomic mass is 9.98. The monoisotopic (exact) mass is 1050 g/mol. The predicted molar refractivity (Wildman–Crippen MR) is 253 cm³/mol. The number of aromatic amines is 1. The van der Waals surface area contributed by atoms with Crippen molar-refractivity contribution in [1.82, 2.24) is 39.5 Å². The summed E-state index contributed by atoms with van der Waals surface area (Å²) in [6.07, 6.45) is 11.5. The second kappa shape index (κ2) is 27.1. The summed E-state index contributed by atoms with van der Waals surface area (Å²) in [7, 11) is -7.53. The number of H-pyrrole nitrogens is 1. The van der Waals surface area contributed by atoms with Gasteiger partial charge in [-0.05, 0) is 83.1 Å². The van der Waals surface area contributed by atoms with Gasteiger partial charge in [0.05, 0.1) is 53.2 Å². The zero-order chi connectivity index (χ0) is 52.3. The van der Waals surface area contributed by atoms with E-state index in [0.717, 1.165) is 0 Å². The number of carbonyl (C=O) groups is 4. The molecule has 0 saturated heterocycles. The minimum absolute atomic E-state index is 0.157. The van der Waals surface area contributed by atoms with E-state index in [-0.39, 0.29) is 24.1 Å². The van der Waals surface area contributed by atoms with Crippen molar-refractivity contribution in [2.75, 3.05) is 46.1 Å². The van der Waals surface area contributed by atoms with Crippen LogP contribution in [0, 0.1) is 21.7 Å². The molecule has 23 nitrogen and oxygen atoms in total. The number of aliphatic hydroxyl groups is 1. The Bertz CT molecular complexity index is 2400. The van der Waals surface area contributed by atoms with Crippen molar-refractivity contribution in [1.29, 1.82) is 0 Å². The number of nitrogens with zero attached hydrogens (tertiary/aromatic N) is 7. The fourth-order valence-corrected chi connectivity index (χ4v) is 6.78. The largest absolute Gasteiger partial charge is 0.438 e. The van der Waals surface area contributed by atoms with E-state index < -0.39 is 87.9 Å². The van der Waals surface area contributed by atoms with Crippen molar-refractivity contribution in [3.05, 3.63) is 59.9 Å². The van der Waals surface area contributed by atoms with Crippen LogP contribution in [-0.2, 0) is 71.9 Å². The van der Waals surface area contributed by atoms with Gasteiger partial charge in [-0.15, -0.1) is 0 Å². The highest BCUT2D eigenvalue weighted by Crippen LogP contribution is 2.49. The average molecular weight is 1050 g/mol. The Hall–Kier alpha value is -4.70. The number of fused-ring (bicyclic) bond motifs is 2. The topological polar surface area (TPSA) is 295 Å². The minimum Gasteiger partial charge on any atom is -0.438 e. The van der Waals surface area contributed by atoms with Crippen molar-refractivity contribution in [3.8, 4) is 0 Å². The number of ether oxygens (including phenoxy) is 4. The van der Waals surface area contributed by atoms with Gasteiger partial charge in [0.2, 0.25) is 27.2 Å². The summed E-state index contributed by atoms with van der Waals surface area (Å²) in [5.41, 5.74) is -0.670. The van der Waals surface area contributed by atoms with Crippen LogP contribution in [0.15, 0.2) is 49.6 Å². The Morgan fingerprint density at radius 2 is 1.00 bits per heavy atom. The zero-order valence-corrected chi connectivity index (χ0v) is 44.0. The number of halogens is 2. The summed E-state index contributed by atoms with van der Waals surface area (Å²) in [5, 5.41) is 9.39. The Morgan fingerprint density at radius 3 is 1.41 bits per heavy atom. The lowest BCUT2D eigenvalue weighted by Gasteiger charge is -2.21. The molecule has 69 heavy (non-hydrogen) atoms. The fraction of sp³-hybridized carbons (Fsp3) is 0.571. The van der Waals surface area contributed by atoms with Crippen molar-refractivity contribution < 1.29 is 70.5 Å². The van der Waals surface area contributed by atoms with Crippen molar-refractivity contribution >= 4 is 84.6 Å². The van der Waals surface area contributed by atoms with Gasteiger partial charge in [-0.2, -0.15) is 0 Å². The molecule has 0 aromatic carbocycles. The Balaban J connectivity index is 0.000000404. The number of aliphatic hydroxyl groups excluding tert-OH is 1. The van der Waals surface area contributed by atoms with Crippen LogP contribution >= 0.6 is 38.4 Å². The summed E-state index contributed by atoms with van der Waals surface area (Å²) >= 11 is 11.7. The highest BCUT2D eigenvalue weighted by molar-refractivity contribution is 7.54. The van der Waals surface area contributed by atoms with Gasteiger partial charge in [-0.3, -0.25) is 46.4 Å². The quantitative estimate of drug-likeness (QED) is 0.0223. The summed E-state index contributed by atoms with van der Waals surface area (Å²) in [4.78, 5) is 73.8.